The lowest BCUT2D eigenvalue weighted by Crippen LogP contribution is -2.56. The summed E-state index contributed by atoms with van der Waals surface area (Å²) in [6.07, 6.45) is 2.01. The molecule has 2 saturated heterocycles. The van der Waals surface area contributed by atoms with E-state index in [0.29, 0.717) is 6.67 Å². The first-order valence-electron chi connectivity index (χ1n) is 4.73. The number of halogens is 2. The number of nitrogens with zero attached hydrogens (tertiary/aromatic N) is 1. The standard InChI is InChI=1S/C8H16N4O.2ClH/c9-7(13)12-6-11-5-8(12)1-3-10-4-2-8;;/h10-11H,1-6H2,(H2,9,13);2*1H. The normalized spacial score (nSPS) is 23.1. The number of hydrogen-bond acceptors (Lipinski definition) is 3. The van der Waals surface area contributed by atoms with E-state index >= 15 is 0 Å². The fourth-order valence-electron chi connectivity index (χ4n) is 2.31. The molecule has 2 aliphatic heterocycles. The highest BCUT2D eigenvalue weighted by Gasteiger charge is 2.43. The van der Waals surface area contributed by atoms with E-state index in [1.807, 2.05) is 0 Å². The lowest BCUT2D eigenvalue weighted by molar-refractivity contribution is 0.132. The molecule has 0 bridgehead atoms. The van der Waals surface area contributed by atoms with Crippen molar-refractivity contribution < 1.29 is 4.79 Å². The maximum Gasteiger partial charge on any atom is 0.316 e. The Bertz CT molecular complexity index is 221. The van der Waals surface area contributed by atoms with Crippen LogP contribution in [-0.2, 0) is 0 Å². The summed E-state index contributed by atoms with van der Waals surface area (Å²) >= 11 is 0. The molecule has 0 unspecified atom stereocenters. The minimum atomic E-state index is -0.299. The van der Waals surface area contributed by atoms with Crippen LogP contribution in [0.3, 0.4) is 0 Å². The van der Waals surface area contributed by atoms with E-state index in [1.54, 1.807) is 4.90 Å². The minimum absolute atomic E-state index is 0. The van der Waals surface area contributed by atoms with Crippen LogP contribution in [0.1, 0.15) is 12.8 Å². The molecule has 2 amide bonds. The molecule has 0 aromatic rings. The third-order valence-electron chi connectivity index (χ3n) is 3.10. The molecular formula is C8H18Cl2N4O. The van der Waals surface area contributed by atoms with Crippen LogP contribution in [0.15, 0.2) is 0 Å². The molecule has 0 aromatic carbocycles. The van der Waals surface area contributed by atoms with Crippen molar-refractivity contribution in [2.24, 2.45) is 5.73 Å². The number of carbonyl (C=O) groups excluding carboxylic acids is 1. The van der Waals surface area contributed by atoms with Gasteiger partial charge in [-0.25, -0.2) is 4.79 Å². The van der Waals surface area contributed by atoms with Gasteiger partial charge in [0.15, 0.2) is 0 Å². The van der Waals surface area contributed by atoms with Crippen LogP contribution in [0.4, 0.5) is 4.79 Å². The largest absolute Gasteiger partial charge is 0.351 e. The number of nitrogens with one attached hydrogen (secondary N) is 2. The van der Waals surface area contributed by atoms with E-state index < -0.39 is 0 Å². The van der Waals surface area contributed by atoms with Crippen LogP contribution in [0.5, 0.6) is 0 Å². The third-order valence-corrected chi connectivity index (χ3v) is 3.10. The molecule has 0 saturated carbocycles. The fraction of sp³-hybridized carbons (Fsp3) is 0.875. The van der Waals surface area contributed by atoms with Crippen LogP contribution in [-0.4, -0.2) is 42.8 Å². The smallest absolute Gasteiger partial charge is 0.316 e. The molecule has 2 fully saturated rings. The lowest BCUT2D eigenvalue weighted by atomic mass is 9.88. The van der Waals surface area contributed by atoms with Crippen molar-refractivity contribution in [3.8, 4) is 0 Å². The number of rotatable bonds is 0. The van der Waals surface area contributed by atoms with Crippen molar-refractivity contribution in [1.29, 1.82) is 0 Å². The van der Waals surface area contributed by atoms with Gasteiger partial charge in [0.05, 0.1) is 12.2 Å². The van der Waals surface area contributed by atoms with Crippen LogP contribution in [0.2, 0.25) is 0 Å². The van der Waals surface area contributed by atoms with Gasteiger partial charge in [-0.3, -0.25) is 5.32 Å². The first kappa shape index (κ1) is 14.8. The second-order valence-corrected chi connectivity index (χ2v) is 3.83. The molecule has 0 radical (unpaired) electrons. The Morgan fingerprint density at radius 1 is 1.20 bits per heavy atom. The summed E-state index contributed by atoms with van der Waals surface area (Å²) in [6.45, 7) is 3.45. The summed E-state index contributed by atoms with van der Waals surface area (Å²) < 4.78 is 0. The molecule has 2 aliphatic rings. The molecule has 2 rings (SSSR count). The summed E-state index contributed by atoms with van der Waals surface area (Å²) in [6, 6.07) is -0.299. The lowest BCUT2D eigenvalue weighted by Gasteiger charge is -2.39. The molecule has 7 heteroatoms. The summed E-state index contributed by atoms with van der Waals surface area (Å²) in [5.74, 6) is 0. The molecule has 90 valence electrons. The zero-order valence-electron chi connectivity index (χ0n) is 8.49. The van der Waals surface area contributed by atoms with Crippen molar-refractivity contribution in [2.75, 3.05) is 26.3 Å². The minimum Gasteiger partial charge on any atom is -0.351 e. The van der Waals surface area contributed by atoms with Gasteiger partial charge in [0.25, 0.3) is 0 Å². The van der Waals surface area contributed by atoms with Crippen LogP contribution in [0, 0.1) is 0 Å². The Morgan fingerprint density at radius 2 is 1.80 bits per heavy atom. The van der Waals surface area contributed by atoms with Crippen LogP contribution in [0.25, 0.3) is 0 Å². The van der Waals surface area contributed by atoms with E-state index in [-0.39, 0.29) is 36.4 Å². The Kier molecular flexibility index (Phi) is 5.66. The van der Waals surface area contributed by atoms with Crippen molar-refractivity contribution in [2.45, 2.75) is 18.4 Å². The molecule has 15 heavy (non-hydrogen) atoms. The summed E-state index contributed by atoms with van der Waals surface area (Å²) in [5.41, 5.74) is 5.33. The number of amides is 2. The maximum absolute atomic E-state index is 11.2. The Morgan fingerprint density at radius 3 is 2.33 bits per heavy atom. The maximum atomic E-state index is 11.2. The predicted molar refractivity (Wildman–Crippen MR) is 63.6 cm³/mol. The van der Waals surface area contributed by atoms with Gasteiger partial charge in [-0.2, -0.15) is 0 Å². The molecule has 5 nitrogen and oxygen atoms in total. The first-order valence-corrected chi connectivity index (χ1v) is 4.73. The van der Waals surface area contributed by atoms with Gasteiger partial charge in [0, 0.05) is 6.54 Å². The van der Waals surface area contributed by atoms with E-state index in [1.165, 1.54) is 0 Å². The molecular weight excluding hydrogens is 239 g/mol. The van der Waals surface area contributed by atoms with Gasteiger partial charge in [-0.05, 0) is 25.9 Å². The average Bonchev–Trinajstić information content (AvgIpc) is 2.50. The van der Waals surface area contributed by atoms with Crippen molar-refractivity contribution in [3.63, 3.8) is 0 Å². The van der Waals surface area contributed by atoms with Gasteiger partial charge in [-0.1, -0.05) is 0 Å². The number of nitrogens with two attached hydrogens (primary N) is 1. The zero-order chi connectivity index (χ0) is 9.31. The Balaban J connectivity index is 0.000000980. The van der Waals surface area contributed by atoms with E-state index in [2.05, 4.69) is 10.6 Å². The molecule has 1 spiro atoms. The fourth-order valence-corrected chi connectivity index (χ4v) is 2.31. The quantitative estimate of drug-likeness (QED) is 0.567. The topological polar surface area (TPSA) is 70.4 Å². The SMILES string of the molecule is Cl.Cl.NC(=O)N1CNCC12CCNCC2. The van der Waals surface area contributed by atoms with Gasteiger partial charge >= 0.3 is 6.03 Å². The monoisotopic (exact) mass is 256 g/mol. The van der Waals surface area contributed by atoms with Crippen molar-refractivity contribution in [3.05, 3.63) is 0 Å². The second kappa shape index (κ2) is 5.75. The third kappa shape index (κ3) is 2.66. The van der Waals surface area contributed by atoms with E-state index in [0.717, 1.165) is 32.5 Å². The summed E-state index contributed by atoms with van der Waals surface area (Å²) in [5, 5.41) is 6.50. The molecule has 0 aliphatic carbocycles. The second-order valence-electron chi connectivity index (χ2n) is 3.83. The molecule has 4 N–H and O–H groups in total. The number of primary amides is 1. The van der Waals surface area contributed by atoms with Crippen molar-refractivity contribution in [1.82, 2.24) is 15.5 Å². The van der Waals surface area contributed by atoms with Gasteiger partial charge < -0.3 is 16.0 Å². The zero-order valence-corrected chi connectivity index (χ0v) is 10.1. The highest BCUT2D eigenvalue weighted by Crippen LogP contribution is 2.28. The van der Waals surface area contributed by atoms with Gasteiger partial charge in [-0.15, -0.1) is 24.8 Å². The Hall–Kier alpha value is -0.230. The van der Waals surface area contributed by atoms with E-state index in [9.17, 15) is 4.79 Å². The van der Waals surface area contributed by atoms with E-state index in [4.69, 9.17) is 5.73 Å². The molecule has 2 heterocycles. The predicted octanol–water partition coefficient (Wildman–Crippen LogP) is -0.106. The highest BCUT2D eigenvalue weighted by atomic mass is 35.5. The Labute approximate surface area is 102 Å². The first-order chi connectivity index (χ1) is 6.25. The van der Waals surface area contributed by atoms with Crippen molar-refractivity contribution >= 4 is 30.8 Å². The number of carbonyl (C=O) groups is 1. The number of urea groups is 1. The summed E-state index contributed by atoms with van der Waals surface area (Å²) in [4.78, 5) is 12.9. The van der Waals surface area contributed by atoms with Crippen LogP contribution < -0.4 is 16.4 Å². The number of hydrogen-bond donors (Lipinski definition) is 3. The van der Waals surface area contributed by atoms with Gasteiger partial charge in [0.1, 0.15) is 0 Å². The van der Waals surface area contributed by atoms with Crippen LogP contribution >= 0.6 is 24.8 Å². The average molecular weight is 257 g/mol. The number of piperidine rings is 1. The highest BCUT2D eigenvalue weighted by molar-refractivity contribution is 5.85. The molecule has 0 aromatic heterocycles. The molecule has 0 atom stereocenters. The summed E-state index contributed by atoms with van der Waals surface area (Å²) in [7, 11) is 0. The van der Waals surface area contributed by atoms with Gasteiger partial charge in [0.2, 0.25) is 0 Å².